The van der Waals surface area contributed by atoms with Crippen LogP contribution in [0.5, 0.6) is 0 Å². The van der Waals surface area contributed by atoms with Crippen molar-refractivity contribution in [3.8, 4) is 0 Å². The molecule has 0 atom stereocenters. The molecule has 1 aliphatic heterocycles. The maximum Gasteiger partial charge on any atom is 0.326 e. The van der Waals surface area contributed by atoms with Gasteiger partial charge in [-0.15, -0.1) is 0 Å². The number of carbonyl (C=O) groups excluding carboxylic acids is 1. The third-order valence-electron chi connectivity index (χ3n) is 5.78. The molecule has 3 heterocycles. The van der Waals surface area contributed by atoms with Crippen LogP contribution < -0.4 is 15.8 Å². The predicted octanol–water partition coefficient (Wildman–Crippen LogP) is 4.25. The van der Waals surface area contributed by atoms with Crippen LogP contribution in [0.1, 0.15) is 26.3 Å². The van der Waals surface area contributed by atoms with Crippen LogP contribution in [0.4, 0.5) is 16.0 Å². The summed E-state index contributed by atoms with van der Waals surface area (Å²) in [4.78, 5) is 31.8. The van der Waals surface area contributed by atoms with E-state index in [9.17, 15) is 14.0 Å². The zero-order valence-electron chi connectivity index (χ0n) is 19.9. The lowest BCUT2D eigenvalue weighted by molar-refractivity contribution is -0.155. The van der Waals surface area contributed by atoms with E-state index in [1.165, 1.54) is 10.8 Å². The van der Waals surface area contributed by atoms with Crippen molar-refractivity contribution in [2.24, 2.45) is 0 Å². The summed E-state index contributed by atoms with van der Waals surface area (Å²) in [6, 6.07) is 13.7. The second kappa shape index (κ2) is 8.72. The summed E-state index contributed by atoms with van der Waals surface area (Å²) in [6.07, 6.45) is 0.453. The molecule has 0 spiro atoms. The first-order chi connectivity index (χ1) is 16.7. The van der Waals surface area contributed by atoms with Gasteiger partial charge in [0.2, 0.25) is 5.95 Å². The molecule has 5 rings (SSSR count). The molecule has 0 aliphatic carbocycles. The van der Waals surface area contributed by atoms with Crippen molar-refractivity contribution >= 4 is 39.5 Å². The molecule has 0 unspecified atom stereocenters. The third kappa shape index (κ3) is 4.71. The summed E-state index contributed by atoms with van der Waals surface area (Å²) in [5.41, 5.74) is 1.69. The van der Waals surface area contributed by atoms with Gasteiger partial charge in [-0.1, -0.05) is 24.3 Å². The number of nitrogens with one attached hydrogen (secondary N) is 1. The predicted molar refractivity (Wildman–Crippen MR) is 132 cm³/mol. The highest BCUT2D eigenvalue weighted by Crippen LogP contribution is 2.29. The molecule has 0 bridgehead atoms. The van der Waals surface area contributed by atoms with E-state index in [1.807, 2.05) is 42.5 Å². The third-order valence-corrected chi connectivity index (χ3v) is 5.78. The van der Waals surface area contributed by atoms with Gasteiger partial charge in [-0.2, -0.15) is 0 Å². The zero-order chi connectivity index (χ0) is 24.7. The van der Waals surface area contributed by atoms with E-state index in [1.54, 1.807) is 25.7 Å². The van der Waals surface area contributed by atoms with E-state index >= 15 is 0 Å². The van der Waals surface area contributed by atoms with E-state index < -0.39 is 23.3 Å². The number of halogens is 1. The number of anilines is 2. The highest BCUT2D eigenvalue weighted by atomic mass is 19.1. The van der Waals surface area contributed by atoms with E-state index in [4.69, 9.17) is 9.15 Å². The Kier molecular flexibility index (Phi) is 5.70. The van der Waals surface area contributed by atoms with E-state index in [-0.39, 0.29) is 31.3 Å². The van der Waals surface area contributed by atoms with Crippen molar-refractivity contribution in [3.63, 3.8) is 0 Å². The molecule has 0 amide bonds. The van der Waals surface area contributed by atoms with Crippen molar-refractivity contribution in [2.75, 3.05) is 23.3 Å². The number of aromatic nitrogens is 2. The number of hydrogen-bond acceptors (Lipinski definition) is 7. The fourth-order valence-electron chi connectivity index (χ4n) is 4.17. The van der Waals surface area contributed by atoms with E-state index in [0.717, 1.165) is 27.5 Å². The van der Waals surface area contributed by atoms with Gasteiger partial charge in [0.15, 0.2) is 0 Å². The van der Waals surface area contributed by atoms with Gasteiger partial charge in [0, 0.05) is 17.3 Å². The van der Waals surface area contributed by atoms with Crippen molar-refractivity contribution in [2.45, 2.75) is 45.6 Å². The number of nitrogens with zero attached hydrogens (tertiary/aromatic N) is 3. The molecule has 9 heteroatoms. The Hall–Kier alpha value is -3.88. The second-order valence-corrected chi connectivity index (χ2v) is 9.73. The number of ether oxygens (including phenoxy) is 1. The van der Waals surface area contributed by atoms with Gasteiger partial charge in [-0.3, -0.25) is 14.2 Å². The molecule has 4 aromatic rings. The Bertz CT molecular complexity index is 1460. The number of alkyl halides is 1. The summed E-state index contributed by atoms with van der Waals surface area (Å²) in [7, 11) is 0. The molecule has 0 radical (unpaired) electrons. The molecule has 2 aromatic carbocycles. The van der Waals surface area contributed by atoms with Crippen LogP contribution in [0.15, 0.2) is 57.9 Å². The number of hydrogen-bond donors (Lipinski definition) is 1. The van der Waals surface area contributed by atoms with Crippen molar-refractivity contribution < 1.29 is 18.3 Å². The minimum absolute atomic E-state index is 0.131. The number of benzene rings is 2. The molecule has 1 fully saturated rings. The van der Waals surface area contributed by atoms with Crippen molar-refractivity contribution in [1.82, 2.24) is 9.55 Å². The van der Waals surface area contributed by atoms with Crippen LogP contribution in [0.2, 0.25) is 0 Å². The number of para-hydroxylation sites is 1. The Labute approximate surface area is 201 Å². The molecule has 2 aromatic heterocycles. The van der Waals surface area contributed by atoms with Crippen LogP contribution in [0.25, 0.3) is 21.9 Å². The monoisotopic (exact) mass is 478 g/mol. The van der Waals surface area contributed by atoms with Crippen LogP contribution in [-0.4, -0.2) is 40.4 Å². The first-order valence-corrected chi connectivity index (χ1v) is 11.5. The quantitative estimate of drug-likeness (QED) is 0.414. The fraction of sp³-hybridized carbons (Fsp3) is 0.346. The number of rotatable bonds is 6. The normalized spacial score (nSPS) is 14.3. The first kappa shape index (κ1) is 22.9. The van der Waals surface area contributed by atoms with Gasteiger partial charge >= 0.3 is 5.97 Å². The molecule has 182 valence electrons. The summed E-state index contributed by atoms with van der Waals surface area (Å²) >= 11 is 0. The average molecular weight is 479 g/mol. The molecule has 1 saturated heterocycles. The van der Waals surface area contributed by atoms with Gasteiger partial charge in [-0.25, -0.2) is 9.37 Å². The second-order valence-electron chi connectivity index (χ2n) is 9.73. The van der Waals surface area contributed by atoms with Gasteiger partial charge in [0.25, 0.3) is 5.56 Å². The Morgan fingerprint density at radius 2 is 1.91 bits per heavy atom. The Balaban J connectivity index is 1.41. The van der Waals surface area contributed by atoms with Crippen LogP contribution in [0.3, 0.4) is 0 Å². The van der Waals surface area contributed by atoms with Crippen molar-refractivity contribution in [3.05, 3.63) is 64.6 Å². The molecular weight excluding hydrogens is 451 g/mol. The largest absolute Gasteiger partial charge is 0.459 e. The molecular formula is C26H27FN4O4. The van der Waals surface area contributed by atoms with Crippen LogP contribution in [-0.2, 0) is 22.6 Å². The van der Waals surface area contributed by atoms with Crippen LogP contribution >= 0.6 is 0 Å². The highest BCUT2D eigenvalue weighted by molar-refractivity contribution is 6.05. The minimum atomic E-state index is -0.978. The Morgan fingerprint density at radius 1 is 1.17 bits per heavy atom. The summed E-state index contributed by atoms with van der Waals surface area (Å²) in [5, 5.41) is 5.15. The number of esters is 1. The van der Waals surface area contributed by atoms with Crippen LogP contribution in [0, 0.1) is 0 Å². The smallest absolute Gasteiger partial charge is 0.326 e. The lowest BCUT2D eigenvalue weighted by Crippen LogP contribution is -2.51. The highest BCUT2D eigenvalue weighted by Gasteiger charge is 2.31. The molecule has 35 heavy (non-hydrogen) atoms. The molecule has 1 N–H and O–H groups in total. The van der Waals surface area contributed by atoms with Gasteiger partial charge < -0.3 is 19.4 Å². The van der Waals surface area contributed by atoms with Gasteiger partial charge in [-0.05, 0) is 44.5 Å². The SMILES string of the molecule is CC(C)(C)OC(=O)Cn1c(N2CC(F)C2)ncc(NCc2ccc3oc4ccccc4c3c2)c1=O. The topological polar surface area (TPSA) is 89.6 Å². The maximum absolute atomic E-state index is 13.5. The summed E-state index contributed by atoms with van der Waals surface area (Å²) < 4.78 is 26.0. The van der Waals surface area contributed by atoms with E-state index in [2.05, 4.69) is 10.3 Å². The number of furan rings is 1. The minimum Gasteiger partial charge on any atom is -0.459 e. The summed E-state index contributed by atoms with van der Waals surface area (Å²) in [6.45, 7) is 5.59. The zero-order valence-corrected chi connectivity index (χ0v) is 19.9. The maximum atomic E-state index is 13.5. The molecule has 1 aliphatic rings. The van der Waals surface area contributed by atoms with Crippen molar-refractivity contribution in [1.29, 1.82) is 0 Å². The van der Waals surface area contributed by atoms with Gasteiger partial charge in [0.1, 0.15) is 35.2 Å². The Morgan fingerprint density at radius 3 is 2.66 bits per heavy atom. The van der Waals surface area contributed by atoms with Gasteiger partial charge in [0.05, 0.1) is 19.3 Å². The first-order valence-electron chi connectivity index (χ1n) is 11.5. The number of carbonyl (C=O) groups is 1. The summed E-state index contributed by atoms with van der Waals surface area (Å²) in [5.74, 6) is -0.305. The lowest BCUT2D eigenvalue weighted by Gasteiger charge is -2.36. The average Bonchev–Trinajstić information content (AvgIpc) is 3.14. The number of fused-ring (bicyclic) bond motifs is 3. The standard InChI is InChI=1S/C26H27FN4O4/c1-26(2,3)35-23(32)15-31-24(33)20(12-29-25(31)30-13-17(27)14-30)28-11-16-8-9-22-19(10-16)18-6-4-5-7-21(18)34-22/h4-10,12,17,28H,11,13-15H2,1-3H3. The molecule has 8 nitrogen and oxygen atoms in total. The van der Waals surface area contributed by atoms with E-state index in [0.29, 0.717) is 6.54 Å². The fourth-order valence-corrected chi connectivity index (χ4v) is 4.17. The lowest BCUT2D eigenvalue weighted by atomic mass is 10.1. The molecule has 0 saturated carbocycles.